The molecule has 0 aliphatic carbocycles. The Balaban J connectivity index is 1.86. The van der Waals surface area contributed by atoms with E-state index in [4.69, 9.17) is 4.98 Å². The normalized spacial score (nSPS) is 11.7. The molecule has 2 aromatic carbocycles. The molecule has 27 heavy (non-hydrogen) atoms. The average molecular weight is 352 g/mol. The van der Waals surface area contributed by atoms with E-state index < -0.39 is 0 Å². The highest BCUT2D eigenvalue weighted by atomic mass is 15.5. The average Bonchev–Trinajstić information content (AvgIpc) is 3.30. The first kappa shape index (κ1) is 15.8. The van der Waals surface area contributed by atoms with Crippen LogP contribution < -0.4 is 0 Å². The molecule has 0 aliphatic rings. The van der Waals surface area contributed by atoms with Gasteiger partial charge in [0, 0.05) is 29.5 Å². The topological polar surface area (TPSA) is 35.6 Å². The number of nitrogens with zero attached hydrogens (tertiary/aromatic N) is 4. The predicted molar refractivity (Wildman–Crippen MR) is 110 cm³/mol. The first-order valence-electron chi connectivity index (χ1n) is 9.23. The fraction of sp³-hybridized carbons (Fsp3) is 0.130. The van der Waals surface area contributed by atoms with E-state index >= 15 is 0 Å². The fourth-order valence-corrected chi connectivity index (χ4v) is 3.85. The van der Waals surface area contributed by atoms with Gasteiger partial charge in [0.2, 0.25) is 0 Å². The molecule has 0 unspecified atom stereocenters. The number of hydrogen-bond acceptors (Lipinski definition) is 2. The predicted octanol–water partition coefficient (Wildman–Crippen LogP) is 5.49. The minimum Gasteiger partial charge on any atom is -0.254 e. The van der Waals surface area contributed by atoms with Crippen LogP contribution >= 0.6 is 0 Å². The molecule has 4 nitrogen and oxygen atoms in total. The van der Waals surface area contributed by atoms with Crippen molar-refractivity contribution >= 4 is 21.9 Å². The van der Waals surface area contributed by atoms with Gasteiger partial charge in [-0.3, -0.25) is 4.98 Å². The molecule has 0 atom stereocenters. The van der Waals surface area contributed by atoms with Crippen molar-refractivity contribution in [2.75, 3.05) is 0 Å². The quantitative estimate of drug-likeness (QED) is 0.430. The van der Waals surface area contributed by atoms with Crippen LogP contribution in [0.25, 0.3) is 33.3 Å². The van der Waals surface area contributed by atoms with Gasteiger partial charge in [-0.05, 0) is 29.7 Å². The second-order valence-electron chi connectivity index (χ2n) is 7.04. The van der Waals surface area contributed by atoms with Crippen LogP contribution in [0, 0.1) is 0 Å². The van der Waals surface area contributed by atoms with Crippen LogP contribution in [0.15, 0.2) is 79.3 Å². The molecule has 5 aromatic rings. The molecule has 5 rings (SSSR count). The van der Waals surface area contributed by atoms with Gasteiger partial charge in [-0.15, -0.1) is 0 Å². The summed E-state index contributed by atoms with van der Waals surface area (Å²) in [4.78, 5) is 9.35. The molecular formula is C23H20N4. The molecule has 0 N–H and O–H groups in total. The lowest BCUT2D eigenvalue weighted by molar-refractivity contribution is 0.717. The Morgan fingerprint density at radius 2 is 1.56 bits per heavy atom. The Labute approximate surface area is 157 Å². The van der Waals surface area contributed by atoms with Crippen molar-refractivity contribution in [2.45, 2.75) is 19.8 Å². The van der Waals surface area contributed by atoms with E-state index in [0.29, 0.717) is 5.92 Å². The number of fused-ring (bicyclic) bond motifs is 3. The summed E-state index contributed by atoms with van der Waals surface area (Å²) in [5, 5.41) is 1.14. The highest BCUT2D eigenvalue weighted by Gasteiger charge is 2.17. The van der Waals surface area contributed by atoms with Crippen molar-refractivity contribution in [1.29, 1.82) is 0 Å². The fourth-order valence-electron chi connectivity index (χ4n) is 3.85. The van der Waals surface area contributed by atoms with Gasteiger partial charge in [-0.2, -0.15) is 0 Å². The molecule has 0 amide bonds. The van der Waals surface area contributed by atoms with Crippen LogP contribution in [0.1, 0.15) is 25.3 Å². The molecule has 0 spiro atoms. The maximum atomic E-state index is 4.72. The third-order valence-corrected chi connectivity index (χ3v) is 5.06. The van der Waals surface area contributed by atoms with E-state index in [2.05, 4.69) is 82.8 Å². The first-order chi connectivity index (χ1) is 13.3. The highest BCUT2D eigenvalue weighted by Crippen LogP contribution is 2.32. The van der Waals surface area contributed by atoms with Crippen LogP contribution in [-0.2, 0) is 0 Å². The maximum absolute atomic E-state index is 4.72. The van der Waals surface area contributed by atoms with Crippen molar-refractivity contribution < 1.29 is 0 Å². The molecule has 0 fully saturated rings. The molecule has 0 saturated heterocycles. The third-order valence-electron chi connectivity index (χ3n) is 5.06. The Hall–Kier alpha value is -3.40. The van der Waals surface area contributed by atoms with E-state index in [0.717, 1.165) is 33.3 Å². The van der Waals surface area contributed by atoms with Crippen LogP contribution in [-0.4, -0.2) is 19.3 Å². The van der Waals surface area contributed by atoms with Gasteiger partial charge in [0.25, 0.3) is 0 Å². The number of hydrogen-bond donors (Lipinski definition) is 0. The summed E-state index contributed by atoms with van der Waals surface area (Å²) in [5.74, 6) is 1.36. The third kappa shape index (κ3) is 2.37. The highest BCUT2D eigenvalue weighted by molar-refractivity contribution is 6.05. The van der Waals surface area contributed by atoms with E-state index in [1.54, 1.807) is 0 Å². The molecule has 4 heteroatoms. The number of benzene rings is 2. The van der Waals surface area contributed by atoms with Gasteiger partial charge in [0.15, 0.2) is 5.82 Å². The van der Waals surface area contributed by atoms with Gasteiger partial charge < -0.3 is 0 Å². The van der Waals surface area contributed by atoms with Gasteiger partial charge in [0.05, 0.1) is 16.6 Å². The van der Waals surface area contributed by atoms with E-state index in [1.807, 2.05) is 24.7 Å². The van der Waals surface area contributed by atoms with E-state index in [1.165, 1.54) is 5.56 Å². The summed E-state index contributed by atoms with van der Waals surface area (Å²) in [6.07, 6.45) is 5.73. The van der Waals surface area contributed by atoms with E-state index in [-0.39, 0.29) is 0 Å². The molecule has 132 valence electrons. The van der Waals surface area contributed by atoms with Gasteiger partial charge in [-0.1, -0.05) is 56.3 Å². The summed E-state index contributed by atoms with van der Waals surface area (Å²) < 4.78 is 4.34. The lowest BCUT2D eigenvalue weighted by Crippen LogP contribution is -2.10. The van der Waals surface area contributed by atoms with Crippen molar-refractivity contribution in [3.8, 4) is 11.4 Å². The Morgan fingerprint density at radius 3 is 2.44 bits per heavy atom. The Morgan fingerprint density at radius 1 is 0.778 bits per heavy atom. The summed E-state index contributed by atoms with van der Waals surface area (Å²) in [7, 11) is 0. The van der Waals surface area contributed by atoms with Gasteiger partial charge in [-0.25, -0.2) is 14.3 Å². The number of rotatable bonds is 3. The van der Waals surface area contributed by atoms with Crippen molar-refractivity contribution in [1.82, 2.24) is 19.3 Å². The number of para-hydroxylation sites is 1. The molecule has 0 aliphatic heterocycles. The second kappa shape index (κ2) is 6.09. The lowest BCUT2D eigenvalue weighted by atomic mass is 9.97. The standard InChI is InChI=1S/C23H20N4/c1-16(2)17-8-3-4-9-18(17)23-25-14-15-26(23)27-20-11-6-5-10-19(20)22-21(27)12-7-13-24-22/h3-16H,1-2H3. The Bertz CT molecular complexity index is 1210. The van der Waals surface area contributed by atoms with Crippen molar-refractivity contribution in [3.63, 3.8) is 0 Å². The SMILES string of the molecule is CC(C)c1ccccc1-c1nccn1-n1c2ccccc2c2ncccc21. The van der Waals surface area contributed by atoms with Crippen molar-refractivity contribution in [3.05, 3.63) is 84.8 Å². The smallest absolute Gasteiger partial charge is 0.159 e. The Kier molecular flexibility index (Phi) is 3.57. The summed E-state index contributed by atoms with van der Waals surface area (Å²) in [6, 6.07) is 21.0. The molecule has 0 radical (unpaired) electrons. The zero-order valence-electron chi connectivity index (χ0n) is 15.4. The van der Waals surface area contributed by atoms with Gasteiger partial charge in [0.1, 0.15) is 0 Å². The minimum atomic E-state index is 0.422. The van der Waals surface area contributed by atoms with Crippen LogP contribution in [0.4, 0.5) is 0 Å². The number of imidazole rings is 1. The van der Waals surface area contributed by atoms with Crippen LogP contribution in [0.5, 0.6) is 0 Å². The minimum absolute atomic E-state index is 0.422. The van der Waals surface area contributed by atoms with Gasteiger partial charge >= 0.3 is 0 Å². The summed E-state index contributed by atoms with van der Waals surface area (Å²) >= 11 is 0. The largest absolute Gasteiger partial charge is 0.254 e. The monoisotopic (exact) mass is 352 g/mol. The number of pyridine rings is 1. The zero-order valence-corrected chi connectivity index (χ0v) is 15.4. The van der Waals surface area contributed by atoms with E-state index in [9.17, 15) is 0 Å². The molecular weight excluding hydrogens is 332 g/mol. The van der Waals surface area contributed by atoms with Crippen molar-refractivity contribution in [2.24, 2.45) is 0 Å². The summed E-state index contributed by atoms with van der Waals surface area (Å²) in [6.45, 7) is 4.44. The number of aromatic nitrogens is 4. The zero-order chi connectivity index (χ0) is 18.4. The van der Waals surface area contributed by atoms with Crippen LogP contribution in [0.3, 0.4) is 0 Å². The molecule has 3 heterocycles. The maximum Gasteiger partial charge on any atom is 0.159 e. The molecule has 0 bridgehead atoms. The molecule has 0 saturated carbocycles. The first-order valence-corrected chi connectivity index (χ1v) is 9.23. The summed E-state index contributed by atoms with van der Waals surface area (Å²) in [5.41, 5.74) is 5.65. The molecule has 3 aromatic heterocycles. The van der Waals surface area contributed by atoms with Crippen LogP contribution in [0.2, 0.25) is 0 Å². The lowest BCUT2D eigenvalue weighted by Gasteiger charge is -2.16. The second-order valence-corrected chi connectivity index (χ2v) is 7.04.